The summed E-state index contributed by atoms with van der Waals surface area (Å²) in [5, 5.41) is 6.28. The molecular formula is C26H35N3O3. The number of carbonyl (C=O) groups is 1. The highest BCUT2D eigenvalue weighted by Gasteiger charge is 2.50. The summed E-state index contributed by atoms with van der Waals surface area (Å²) in [6.45, 7) is 5.11. The number of nitrogens with zero attached hydrogens (tertiary/aromatic N) is 1. The predicted octanol–water partition coefficient (Wildman–Crippen LogP) is 4.64. The molecule has 32 heavy (non-hydrogen) atoms. The standard InChI is InChI=1S/C26H35N3O3/c1-17-6-7-18(2)21(14-17)28-25(30)27-20-10-11-26(12-13-29(3)24(26)16-20)19-8-9-22(31-4)23(15-19)32-5/h6-9,14-15,20,24H,10-13,16H2,1-5H3,(H2,27,28,30). The van der Waals surface area contributed by atoms with Crippen LogP contribution in [0.4, 0.5) is 10.5 Å². The highest BCUT2D eigenvalue weighted by Crippen LogP contribution is 2.49. The molecule has 2 aromatic carbocycles. The van der Waals surface area contributed by atoms with Crippen LogP contribution in [0.25, 0.3) is 0 Å². The topological polar surface area (TPSA) is 62.8 Å². The molecule has 3 atom stereocenters. The number of carbonyl (C=O) groups excluding carboxylic acids is 1. The summed E-state index contributed by atoms with van der Waals surface area (Å²) in [4.78, 5) is 15.2. The van der Waals surface area contributed by atoms with Gasteiger partial charge >= 0.3 is 6.03 Å². The van der Waals surface area contributed by atoms with Crippen LogP contribution in [0.1, 0.15) is 42.4 Å². The molecule has 1 heterocycles. The Bertz CT molecular complexity index is 992. The first-order chi connectivity index (χ1) is 15.4. The zero-order valence-electron chi connectivity index (χ0n) is 19.8. The smallest absolute Gasteiger partial charge is 0.319 e. The molecular weight excluding hydrogens is 402 g/mol. The van der Waals surface area contributed by atoms with Crippen LogP contribution < -0.4 is 20.1 Å². The Labute approximate surface area is 191 Å². The second-order valence-electron chi connectivity index (χ2n) is 9.36. The molecule has 2 aliphatic rings. The van der Waals surface area contributed by atoms with Crippen LogP contribution in [0, 0.1) is 13.8 Å². The van der Waals surface area contributed by atoms with Gasteiger partial charge in [-0.15, -0.1) is 0 Å². The molecule has 2 N–H and O–H groups in total. The second-order valence-corrected chi connectivity index (χ2v) is 9.36. The van der Waals surface area contributed by atoms with E-state index in [9.17, 15) is 4.79 Å². The van der Waals surface area contributed by atoms with Crippen LogP contribution in [0.5, 0.6) is 11.5 Å². The summed E-state index contributed by atoms with van der Waals surface area (Å²) >= 11 is 0. The molecule has 2 aromatic rings. The van der Waals surface area contributed by atoms with E-state index < -0.39 is 0 Å². The van der Waals surface area contributed by atoms with Crippen molar-refractivity contribution in [3.8, 4) is 11.5 Å². The molecule has 1 aliphatic heterocycles. The molecule has 0 radical (unpaired) electrons. The quantitative estimate of drug-likeness (QED) is 0.716. The van der Waals surface area contributed by atoms with Gasteiger partial charge in [-0.1, -0.05) is 18.2 Å². The molecule has 0 bridgehead atoms. The monoisotopic (exact) mass is 437 g/mol. The number of likely N-dealkylation sites (tertiary alicyclic amines) is 1. The van der Waals surface area contributed by atoms with E-state index in [0.29, 0.717) is 6.04 Å². The van der Waals surface area contributed by atoms with Gasteiger partial charge in [0.1, 0.15) is 0 Å². The highest BCUT2D eigenvalue weighted by atomic mass is 16.5. The fourth-order valence-corrected chi connectivity index (χ4v) is 5.61. The molecule has 0 aromatic heterocycles. The van der Waals surface area contributed by atoms with E-state index in [1.54, 1.807) is 14.2 Å². The Hall–Kier alpha value is -2.73. The second kappa shape index (κ2) is 9.02. The average molecular weight is 438 g/mol. The summed E-state index contributed by atoms with van der Waals surface area (Å²) < 4.78 is 11.0. The number of amides is 2. The lowest BCUT2D eigenvalue weighted by atomic mass is 9.65. The SMILES string of the molecule is COc1ccc(C23CCC(NC(=O)Nc4cc(C)ccc4C)CC2N(C)CC3)cc1OC. The maximum Gasteiger partial charge on any atom is 0.319 e. The molecule has 2 amide bonds. The van der Waals surface area contributed by atoms with Crippen molar-refractivity contribution in [2.24, 2.45) is 0 Å². The van der Waals surface area contributed by atoms with Gasteiger partial charge in [0, 0.05) is 23.2 Å². The van der Waals surface area contributed by atoms with Crippen molar-refractivity contribution in [3.05, 3.63) is 53.1 Å². The number of nitrogens with one attached hydrogen (secondary N) is 2. The zero-order valence-corrected chi connectivity index (χ0v) is 19.8. The van der Waals surface area contributed by atoms with Gasteiger partial charge in [-0.05, 0) is 88.0 Å². The Morgan fingerprint density at radius 3 is 2.59 bits per heavy atom. The zero-order chi connectivity index (χ0) is 22.9. The van der Waals surface area contributed by atoms with Gasteiger partial charge < -0.3 is 25.0 Å². The number of aryl methyl sites for hydroxylation is 2. The van der Waals surface area contributed by atoms with Gasteiger partial charge in [-0.3, -0.25) is 0 Å². The van der Waals surface area contributed by atoms with Crippen molar-refractivity contribution in [1.29, 1.82) is 0 Å². The Morgan fingerprint density at radius 2 is 1.84 bits per heavy atom. The van der Waals surface area contributed by atoms with Crippen LogP contribution in [0.2, 0.25) is 0 Å². The van der Waals surface area contributed by atoms with E-state index >= 15 is 0 Å². The lowest BCUT2D eigenvalue weighted by Crippen LogP contribution is -2.52. The molecule has 172 valence electrons. The summed E-state index contributed by atoms with van der Waals surface area (Å²) in [6, 6.07) is 12.9. The Morgan fingerprint density at radius 1 is 1.06 bits per heavy atom. The van der Waals surface area contributed by atoms with Crippen molar-refractivity contribution in [3.63, 3.8) is 0 Å². The largest absolute Gasteiger partial charge is 0.493 e. The minimum absolute atomic E-state index is 0.0795. The van der Waals surface area contributed by atoms with Crippen LogP contribution in [-0.4, -0.2) is 50.8 Å². The summed E-state index contributed by atoms with van der Waals surface area (Å²) in [5.74, 6) is 1.54. The van der Waals surface area contributed by atoms with Crippen molar-refractivity contribution in [2.45, 2.75) is 57.0 Å². The molecule has 1 aliphatic carbocycles. The fraction of sp³-hybridized carbons (Fsp3) is 0.500. The third-order valence-electron chi connectivity index (χ3n) is 7.46. The van der Waals surface area contributed by atoms with E-state index in [-0.39, 0.29) is 17.5 Å². The average Bonchev–Trinajstić information content (AvgIpc) is 3.13. The molecule has 2 fully saturated rings. The normalized spacial score (nSPS) is 25.2. The van der Waals surface area contributed by atoms with E-state index in [1.165, 1.54) is 5.56 Å². The summed E-state index contributed by atoms with van der Waals surface area (Å²) in [6.07, 6.45) is 4.04. The molecule has 6 heteroatoms. The summed E-state index contributed by atoms with van der Waals surface area (Å²) in [7, 11) is 5.56. The van der Waals surface area contributed by atoms with Crippen LogP contribution in [0.3, 0.4) is 0 Å². The lowest BCUT2D eigenvalue weighted by Gasteiger charge is -2.45. The number of benzene rings is 2. The fourth-order valence-electron chi connectivity index (χ4n) is 5.61. The van der Waals surface area contributed by atoms with Crippen LogP contribution >= 0.6 is 0 Å². The Kier molecular flexibility index (Phi) is 6.33. The van der Waals surface area contributed by atoms with Crippen LogP contribution in [-0.2, 0) is 5.41 Å². The summed E-state index contributed by atoms with van der Waals surface area (Å²) in [5.41, 5.74) is 4.46. The number of ether oxygens (including phenoxy) is 2. The third-order valence-corrected chi connectivity index (χ3v) is 7.46. The van der Waals surface area contributed by atoms with Gasteiger partial charge in [0.25, 0.3) is 0 Å². The van der Waals surface area contributed by atoms with Crippen molar-refractivity contribution < 1.29 is 14.3 Å². The van der Waals surface area contributed by atoms with Crippen molar-refractivity contribution >= 4 is 11.7 Å². The molecule has 3 unspecified atom stereocenters. The molecule has 6 nitrogen and oxygen atoms in total. The van der Waals surface area contributed by atoms with E-state index in [1.807, 2.05) is 32.0 Å². The van der Waals surface area contributed by atoms with Gasteiger partial charge in [0.05, 0.1) is 14.2 Å². The lowest BCUT2D eigenvalue weighted by molar-refractivity contribution is 0.156. The van der Waals surface area contributed by atoms with Crippen molar-refractivity contribution in [1.82, 2.24) is 10.2 Å². The van der Waals surface area contributed by atoms with Crippen LogP contribution in [0.15, 0.2) is 36.4 Å². The first-order valence-electron chi connectivity index (χ1n) is 11.4. The van der Waals surface area contributed by atoms with Gasteiger partial charge in [0.2, 0.25) is 0 Å². The minimum atomic E-state index is -0.122. The number of urea groups is 1. The number of rotatable bonds is 5. The first-order valence-corrected chi connectivity index (χ1v) is 11.4. The number of hydrogen-bond acceptors (Lipinski definition) is 4. The Balaban J connectivity index is 1.49. The molecule has 1 saturated heterocycles. The maximum atomic E-state index is 12.8. The molecule has 4 rings (SSSR count). The first kappa shape index (κ1) is 22.5. The molecule has 0 spiro atoms. The maximum absolute atomic E-state index is 12.8. The highest BCUT2D eigenvalue weighted by molar-refractivity contribution is 5.90. The third kappa shape index (κ3) is 4.16. The predicted molar refractivity (Wildman–Crippen MR) is 128 cm³/mol. The van der Waals surface area contributed by atoms with Gasteiger partial charge in [-0.25, -0.2) is 4.79 Å². The molecule has 1 saturated carbocycles. The van der Waals surface area contributed by atoms with E-state index in [0.717, 1.165) is 60.5 Å². The van der Waals surface area contributed by atoms with E-state index in [4.69, 9.17) is 9.47 Å². The number of methoxy groups -OCH3 is 2. The van der Waals surface area contributed by atoms with E-state index in [2.05, 4.69) is 40.8 Å². The number of likely N-dealkylation sites (N-methyl/N-ethyl adjacent to an activating group) is 1. The minimum Gasteiger partial charge on any atom is -0.493 e. The van der Waals surface area contributed by atoms with Gasteiger partial charge in [-0.2, -0.15) is 0 Å². The number of anilines is 1. The number of hydrogen-bond donors (Lipinski definition) is 2. The van der Waals surface area contributed by atoms with Crippen molar-refractivity contribution in [2.75, 3.05) is 33.1 Å². The number of fused-ring (bicyclic) bond motifs is 1. The van der Waals surface area contributed by atoms with Gasteiger partial charge in [0.15, 0.2) is 11.5 Å².